The second-order valence-electron chi connectivity index (χ2n) is 7.31. The molecule has 1 saturated heterocycles. The molecule has 0 N–H and O–H groups in total. The van der Waals surface area contributed by atoms with E-state index in [0.717, 1.165) is 12.8 Å². The average molecular weight is 349 g/mol. The van der Waals surface area contributed by atoms with E-state index in [2.05, 4.69) is 0 Å². The van der Waals surface area contributed by atoms with Crippen molar-refractivity contribution in [2.24, 2.45) is 0 Å². The van der Waals surface area contributed by atoms with E-state index in [1.165, 1.54) is 4.90 Å². The summed E-state index contributed by atoms with van der Waals surface area (Å²) in [5.41, 5.74) is -0.655. The van der Waals surface area contributed by atoms with Gasteiger partial charge < -0.3 is 4.74 Å². The maximum Gasteiger partial charge on any atom is 0.412 e. The van der Waals surface area contributed by atoms with Gasteiger partial charge in [-0.15, -0.1) is 0 Å². The SMILES string of the molecule is CC(C)(C)OC(=O)N1[C@@H]2CCCCC(=O)[C@@]21S(=O)c1ccccc1. The maximum absolute atomic E-state index is 13.2. The lowest BCUT2D eigenvalue weighted by atomic mass is 10.2. The molecule has 1 aromatic carbocycles. The molecule has 1 amide bonds. The lowest BCUT2D eigenvalue weighted by Crippen LogP contribution is -2.38. The first kappa shape index (κ1) is 17.1. The van der Waals surface area contributed by atoms with Gasteiger partial charge in [0.15, 0.2) is 5.78 Å². The number of nitrogens with zero attached hydrogens (tertiary/aromatic N) is 1. The standard InChI is InChI=1S/C18H23NO4S/c1-17(2,3)23-16(21)19-14-11-7-8-12-15(20)18(14,19)24(22)13-9-5-4-6-10-13/h4-6,9-10,14H,7-8,11-12H2,1-3H3/t14-,18+,19?,24?/m1/s1. The van der Waals surface area contributed by atoms with Crippen LogP contribution in [0.4, 0.5) is 4.79 Å². The number of benzene rings is 1. The topological polar surface area (TPSA) is 63.5 Å². The normalized spacial score (nSPS) is 27.9. The molecule has 6 heteroatoms. The Labute approximate surface area is 144 Å². The molecule has 3 rings (SSSR count). The first-order chi connectivity index (χ1) is 11.3. The van der Waals surface area contributed by atoms with Crippen molar-refractivity contribution in [2.45, 2.75) is 67.9 Å². The van der Waals surface area contributed by atoms with Crippen molar-refractivity contribution in [1.82, 2.24) is 4.90 Å². The number of ketones is 1. The van der Waals surface area contributed by atoms with Gasteiger partial charge >= 0.3 is 6.09 Å². The van der Waals surface area contributed by atoms with Gasteiger partial charge in [-0.2, -0.15) is 0 Å². The Bertz CT molecular complexity index is 682. The third kappa shape index (κ3) is 2.77. The number of carbonyl (C=O) groups is 2. The van der Waals surface area contributed by atoms with Crippen LogP contribution in [-0.4, -0.2) is 37.5 Å². The Hall–Kier alpha value is -1.69. The van der Waals surface area contributed by atoms with Crippen LogP contribution in [0, 0.1) is 0 Å². The van der Waals surface area contributed by atoms with Crippen LogP contribution in [0.15, 0.2) is 35.2 Å². The third-order valence-electron chi connectivity index (χ3n) is 4.41. The van der Waals surface area contributed by atoms with E-state index in [4.69, 9.17) is 4.74 Å². The molecule has 2 aliphatic rings. The van der Waals surface area contributed by atoms with Crippen LogP contribution in [0.25, 0.3) is 0 Å². The molecule has 1 aromatic rings. The molecule has 1 unspecified atom stereocenters. The summed E-state index contributed by atoms with van der Waals surface area (Å²) >= 11 is 0. The minimum absolute atomic E-state index is 0.113. The first-order valence-corrected chi connectivity index (χ1v) is 9.46. The van der Waals surface area contributed by atoms with E-state index in [0.29, 0.717) is 17.7 Å². The molecule has 0 spiro atoms. The van der Waals surface area contributed by atoms with Crippen molar-refractivity contribution in [3.63, 3.8) is 0 Å². The fourth-order valence-electron chi connectivity index (χ4n) is 3.39. The van der Waals surface area contributed by atoms with Crippen LogP contribution in [0.2, 0.25) is 0 Å². The average Bonchev–Trinajstić information content (AvgIpc) is 3.21. The molecule has 130 valence electrons. The highest BCUT2D eigenvalue weighted by molar-refractivity contribution is 7.87. The molecular formula is C18H23NO4S. The monoisotopic (exact) mass is 349 g/mol. The van der Waals surface area contributed by atoms with Gasteiger partial charge in [-0.3, -0.25) is 13.9 Å². The summed E-state index contributed by atoms with van der Waals surface area (Å²) in [5.74, 6) is -0.113. The smallest absolute Gasteiger partial charge is 0.412 e. The Morgan fingerprint density at radius 1 is 1.25 bits per heavy atom. The van der Waals surface area contributed by atoms with E-state index in [9.17, 15) is 13.8 Å². The second kappa shape index (κ2) is 5.99. The van der Waals surface area contributed by atoms with Gasteiger partial charge in [0.05, 0.1) is 16.8 Å². The van der Waals surface area contributed by atoms with Crippen LogP contribution in [0.5, 0.6) is 0 Å². The second-order valence-corrected chi connectivity index (χ2v) is 8.94. The molecule has 1 aliphatic carbocycles. The van der Waals surface area contributed by atoms with Crippen LogP contribution >= 0.6 is 0 Å². The van der Waals surface area contributed by atoms with Crippen LogP contribution in [0.3, 0.4) is 0 Å². The molecule has 1 heterocycles. The number of rotatable bonds is 2. The van der Waals surface area contributed by atoms with Gasteiger partial charge in [0.2, 0.25) is 4.87 Å². The summed E-state index contributed by atoms with van der Waals surface area (Å²) in [7, 11) is -1.61. The minimum atomic E-state index is -1.61. The maximum atomic E-state index is 13.2. The Morgan fingerprint density at radius 2 is 1.92 bits per heavy atom. The summed E-state index contributed by atoms with van der Waals surface area (Å²) in [4.78, 5) is 26.2. The van der Waals surface area contributed by atoms with Crippen LogP contribution < -0.4 is 0 Å². The number of hydrogen-bond donors (Lipinski definition) is 0. The predicted octanol–water partition coefficient (Wildman–Crippen LogP) is 3.25. The number of ether oxygens (including phenoxy) is 1. The van der Waals surface area contributed by atoms with Gasteiger partial charge in [-0.25, -0.2) is 4.79 Å². The van der Waals surface area contributed by atoms with Crippen molar-refractivity contribution < 1.29 is 18.5 Å². The van der Waals surface area contributed by atoms with Crippen molar-refractivity contribution in [3.05, 3.63) is 30.3 Å². The van der Waals surface area contributed by atoms with E-state index in [1.54, 1.807) is 45.0 Å². The molecule has 3 atom stereocenters. The highest BCUT2D eigenvalue weighted by Crippen LogP contribution is 2.52. The Morgan fingerprint density at radius 3 is 2.54 bits per heavy atom. The highest BCUT2D eigenvalue weighted by Gasteiger charge is 2.74. The zero-order chi connectivity index (χ0) is 17.5. The van der Waals surface area contributed by atoms with Gasteiger partial charge in [-0.05, 0) is 45.7 Å². The summed E-state index contributed by atoms with van der Waals surface area (Å²) in [6.07, 6.45) is 2.12. The van der Waals surface area contributed by atoms with E-state index in [-0.39, 0.29) is 11.8 Å². The quantitative estimate of drug-likeness (QED) is 0.769. The fraction of sp³-hybridized carbons (Fsp3) is 0.556. The number of Topliss-reactive ketones (excluding diaryl/α,β-unsaturated/α-hetero) is 1. The number of likely N-dealkylation sites (tertiary alicyclic amines) is 1. The molecular weight excluding hydrogens is 326 g/mol. The molecule has 1 saturated carbocycles. The number of carbonyl (C=O) groups excluding carboxylic acids is 2. The Balaban J connectivity index is 1.97. The van der Waals surface area contributed by atoms with Crippen molar-refractivity contribution in [3.8, 4) is 0 Å². The van der Waals surface area contributed by atoms with E-state index in [1.807, 2.05) is 6.07 Å². The molecule has 24 heavy (non-hydrogen) atoms. The van der Waals surface area contributed by atoms with E-state index >= 15 is 0 Å². The summed E-state index contributed by atoms with van der Waals surface area (Å²) in [6, 6.07) is 8.57. The third-order valence-corrected chi connectivity index (χ3v) is 6.38. The summed E-state index contributed by atoms with van der Waals surface area (Å²) in [5, 5.41) is 0. The fourth-order valence-corrected chi connectivity index (χ4v) is 5.26. The lowest BCUT2D eigenvalue weighted by Gasteiger charge is -2.22. The van der Waals surface area contributed by atoms with Crippen LogP contribution in [0.1, 0.15) is 46.5 Å². The van der Waals surface area contributed by atoms with Gasteiger partial charge in [-0.1, -0.05) is 24.6 Å². The predicted molar refractivity (Wildman–Crippen MR) is 90.9 cm³/mol. The Kier molecular flexibility index (Phi) is 4.28. The molecule has 0 bridgehead atoms. The van der Waals surface area contributed by atoms with Gasteiger partial charge in [0, 0.05) is 11.3 Å². The number of fused-ring (bicyclic) bond motifs is 1. The number of hydrogen-bond acceptors (Lipinski definition) is 4. The largest absolute Gasteiger partial charge is 0.444 e. The lowest BCUT2D eigenvalue weighted by molar-refractivity contribution is -0.120. The zero-order valence-corrected chi connectivity index (χ0v) is 15.1. The molecule has 0 radical (unpaired) electrons. The van der Waals surface area contributed by atoms with Crippen LogP contribution in [-0.2, 0) is 20.3 Å². The molecule has 1 aliphatic heterocycles. The molecule has 0 aromatic heterocycles. The van der Waals surface area contributed by atoms with Crippen molar-refractivity contribution >= 4 is 22.7 Å². The summed E-state index contributed by atoms with van der Waals surface area (Å²) in [6.45, 7) is 5.35. The van der Waals surface area contributed by atoms with E-state index < -0.39 is 27.4 Å². The molecule has 2 fully saturated rings. The van der Waals surface area contributed by atoms with Crippen molar-refractivity contribution in [2.75, 3.05) is 0 Å². The van der Waals surface area contributed by atoms with Gasteiger partial charge in [0.25, 0.3) is 0 Å². The summed E-state index contributed by atoms with van der Waals surface area (Å²) < 4.78 is 18.7. The molecule has 5 nitrogen and oxygen atoms in total. The zero-order valence-electron chi connectivity index (χ0n) is 14.3. The first-order valence-electron chi connectivity index (χ1n) is 8.31. The van der Waals surface area contributed by atoms with Gasteiger partial charge in [0.1, 0.15) is 5.60 Å². The highest BCUT2D eigenvalue weighted by atomic mass is 32.2. The minimum Gasteiger partial charge on any atom is -0.444 e. The van der Waals surface area contributed by atoms with Crippen molar-refractivity contribution in [1.29, 1.82) is 0 Å². The number of amides is 1.